The van der Waals surface area contributed by atoms with E-state index in [1.165, 1.54) is 23.3 Å². The Balaban J connectivity index is 1.41. The quantitative estimate of drug-likeness (QED) is 0.524. The highest BCUT2D eigenvalue weighted by atomic mass is 32.1. The lowest BCUT2D eigenvalue weighted by molar-refractivity contribution is -0.119. The van der Waals surface area contributed by atoms with Gasteiger partial charge in [-0.3, -0.25) is 10.1 Å². The van der Waals surface area contributed by atoms with E-state index in [2.05, 4.69) is 20.8 Å². The number of carbonyl (C=O) groups is 2. The van der Waals surface area contributed by atoms with Crippen molar-refractivity contribution in [1.29, 1.82) is 0 Å². The second kappa shape index (κ2) is 10.4. The maximum Gasteiger partial charge on any atom is 0.322 e. The fourth-order valence-corrected chi connectivity index (χ4v) is 4.44. The van der Waals surface area contributed by atoms with Crippen molar-refractivity contribution in [2.75, 3.05) is 38.5 Å². The number of hydrogen-bond donors (Lipinski definition) is 2. The molecule has 1 saturated heterocycles. The molecule has 0 radical (unpaired) electrons. The molecule has 1 unspecified atom stereocenters. The molecular weight excluding hydrogens is 458 g/mol. The number of aromatic nitrogens is 2. The fraction of sp³-hybridized carbons (Fsp3) is 0.304. The van der Waals surface area contributed by atoms with Crippen molar-refractivity contribution < 1.29 is 23.8 Å². The zero-order valence-corrected chi connectivity index (χ0v) is 19.8. The number of urea groups is 1. The lowest BCUT2D eigenvalue weighted by Crippen LogP contribution is -2.45. The molecule has 178 valence electrons. The Morgan fingerprint density at radius 3 is 2.41 bits per heavy atom. The molecule has 4 rings (SSSR count). The highest BCUT2D eigenvalue weighted by Gasteiger charge is 2.35. The summed E-state index contributed by atoms with van der Waals surface area (Å²) >= 11 is 1.26. The summed E-state index contributed by atoms with van der Waals surface area (Å²) in [5.74, 6) is 1.52. The van der Waals surface area contributed by atoms with Gasteiger partial charge in [0.15, 0.2) is 0 Å². The molecule has 1 fully saturated rings. The predicted octanol–water partition coefficient (Wildman–Crippen LogP) is 3.87. The number of nitrogens with one attached hydrogen (secondary N) is 2. The maximum atomic E-state index is 13.0. The molecule has 11 heteroatoms. The van der Waals surface area contributed by atoms with E-state index in [0.717, 1.165) is 17.7 Å². The molecule has 1 aromatic heterocycles. The number of nitrogens with zero attached hydrogens (tertiary/aromatic N) is 3. The van der Waals surface area contributed by atoms with Crippen molar-refractivity contribution >= 4 is 34.1 Å². The van der Waals surface area contributed by atoms with Crippen LogP contribution in [0.1, 0.15) is 12.8 Å². The van der Waals surface area contributed by atoms with Crippen LogP contribution in [0.15, 0.2) is 42.5 Å². The van der Waals surface area contributed by atoms with Crippen LogP contribution in [0.5, 0.6) is 17.2 Å². The highest BCUT2D eigenvalue weighted by molar-refractivity contribution is 7.18. The molecule has 0 aliphatic carbocycles. The van der Waals surface area contributed by atoms with Gasteiger partial charge in [0, 0.05) is 18.2 Å². The van der Waals surface area contributed by atoms with Gasteiger partial charge in [0.05, 0.1) is 27.0 Å². The van der Waals surface area contributed by atoms with E-state index in [-0.39, 0.29) is 11.9 Å². The number of hydrogen-bond acceptors (Lipinski definition) is 8. The molecular formula is C23H25N5O5S. The molecule has 1 atom stereocenters. The number of likely N-dealkylation sites (tertiary alicyclic amines) is 1. The Kier molecular flexibility index (Phi) is 7.12. The summed E-state index contributed by atoms with van der Waals surface area (Å²) < 4.78 is 15.7. The van der Waals surface area contributed by atoms with Crippen LogP contribution < -0.4 is 24.8 Å². The van der Waals surface area contributed by atoms with Crippen molar-refractivity contribution in [3.05, 3.63) is 42.5 Å². The van der Waals surface area contributed by atoms with Crippen LogP contribution >= 0.6 is 11.3 Å². The number of methoxy groups -OCH3 is 3. The topological polar surface area (TPSA) is 115 Å². The first-order valence-electron chi connectivity index (χ1n) is 10.6. The summed E-state index contributed by atoms with van der Waals surface area (Å²) in [5, 5.41) is 14.9. The van der Waals surface area contributed by atoms with E-state index in [0.29, 0.717) is 40.3 Å². The molecule has 2 N–H and O–H groups in total. The summed E-state index contributed by atoms with van der Waals surface area (Å²) in [4.78, 5) is 27.4. The van der Waals surface area contributed by atoms with Crippen molar-refractivity contribution in [2.24, 2.45) is 0 Å². The molecule has 0 bridgehead atoms. The molecule has 0 saturated carbocycles. The first-order chi connectivity index (χ1) is 16.5. The van der Waals surface area contributed by atoms with Gasteiger partial charge in [-0.25, -0.2) is 4.79 Å². The number of rotatable bonds is 7. The molecule has 1 aliphatic rings. The second-order valence-electron chi connectivity index (χ2n) is 7.48. The van der Waals surface area contributed by atoms with Crippen molar-refractivity contribution in [2.45, 2.75) is 18.9 Å². The van der Waals surface area contributed by atoms with Gasteiger partial charge >= 0.3 is 6.03 Å². The zero-order chi connectivity index (χ0) is 24.1. The highest BCUT2D eigenvalue weighted by Crippen LogP contribution is 2.31. The van der Waals surface area contributed by atoms with Crippen molar-refractivity contribution in [3.63, 3.8) is 0 Å². The van der Waals surface area contributed by atoms with Crippen LogP contribution in [0.2, 0.25) is 0 Å². The van der Waals surface area contributed by atoms with Gasteiger partial charge in [-0.05, 0) is 49.2 Å². The Morgan fingerprint density at radius 1 is 0.971 bits per heavy atom. The van der Waals surface area contributed by atoms with Gasteiger partial charge < -0.3 is 24.4 Å². The van der Waals surface area contributed by atoms with Gasteiger partial charge in [-0.1, -0.05) is 11.3 Å². The number of carbonyl (C=O) groups excluding carboxylic acids is 2. The van der Waals surface area contributed by atoms with E-state index in [1.807, 2.05) is 24.3 Å². The summed E-state index contributed by atoms with van der Waals surface area (Å²) in [6.45, 7) is 0.468. The third-order valence-corrected chi connectivity index (χ3v) is 6.35. The van der Waals surface area contributed by atoms with Gasteiger partial charge in [0.1, 0.15) is 28.3 Å². The van der Waals surface area contributed by atoms with Crippen LogP contribution in [0.25, 0.3) is 10.6 Å². The fourth-order valence-electron chi connectivity index (χ4n) is 3.68. The first-order valence-corrected chi connectivity index (χ1v) is 11.4. The van der Waals surface area contributed by atoms with Crippen LogP contribution in [0.4, 0.5) is 15.6 Å². The SMILES string of the molecule is COc1ccc(-c2nnc(NC(=O)C3CCCN3C(=O)Nc3ccc(OC)cc3OC)s2)cc1. The van der Waals surface area contributed by atoms with E-state index in [9.17, 15) is 9.59 Å². The molecule has 10 nitrogen and oxygen atoms in total. The average molecular weight is 484 g/mol. The largest absolute Gasteiger partial charge is 0.497 e. The summed E-state index contributed by atoms with van der Waals surface area (Å²) in [7, 11) is 4.67. The van der Waals surface area contributed by atoms with Gasteiger partial charge in [0.2, 0.25) is 11.0 Å². The smallest absolute Gasteiger partial charge is 0.322 e. The number of benzene rings is 2. The van der Waals surface area contributed by atoms with Gasteiger partial charge in [0.25, 0.3) is 0 Å². The third kappa shape index (κ3) is 5.04. The Morgan fingerprint density at radius 2 is 1.71 bits per heavy atom. The number of anilines is 2. The van der Waals surface area contributed by atoms with E-state index in [1.54, 1.807) is 32.4 Å². The minimum atomic E-state index is -0.613. The maximum absolute atomic E-state index is 13.0. The van der Waals surface area contributed by atoms with Gasteiger partial charge in [-0.15, -0.1) is 10.2 Å². The van der Waals surface area contributed by atoms with Crippen molar-refractivity contribution in [3.8, 4) is 27.8 Å². The van der Waals surface area contributed by atoms with Crippen molar-refractivity contribution in [1.82, 2.24) is 15.1 Å². The zero-order valence-electron chi connectivity index (χ0n) is 19.0. The number of amides is 3. The molecule has 3 aromatic rings. The summed E-state index contributed by atoms with van der Waals surface area (Å²) in [6.07, 6.45) is 1.28. The predicted molar refractivity (Wildman–Crippen MR) is 129 cm³/mol. The lowest BCUT2D eigenvalue weighted by atomic mass is 10.2. The van der Waals surface area contributed by atoms with Crippen LogP contribution in [-0.4, -0.2) is 61.0 Å². The standard InChI is InChI=1S/C23H25N5O5S/c1-31-15-8-6-14(7-9-15)21-26-27-22(34-21)25-20(29)18-5-4-12-28(18)23(30)24-17-11-10-16(32-2)13-19(17)33-3/h6-11,13,18H,4-5,12H2,1-3H3,(H,24,30)(H,25,27,29). The molecule has 34 heavy (non-hydrogen) atoms. The van der Waals surface area contributed by atoms with Crippen LogP contribution in [-0.2, 0) is 4.79 Å². The van der Waals surface area contributed by atoms with E-state index >= 15 is 0 Å². The Hall–Kier alpha value is -3.86. The summed E-state index contributed by atoms with van der Waals surface area (Å²) in [5.41, 5.74) is 1.36. The lowest BCUT2D eigenvalue weighted by Gasteiger charge is -2.24. The molecule has 3 amide bonds. The minimum Gasteiger partial charge on any atom is -0.497 e. The molecule has 1 aliphatic heterocycles. The molecule has 2 heterocycles. The summed E-state index contributed by atoms with van der Waals surface area (Å²) in [6, 6.07) is 11.5. The molecule has 0 spiro atoms. The Bertz CT molecular complexity index is 1170. The second-order valence-corrected chi connectivity index (χ2v) is 8.46. The minimum absolute atomic E-state index is 0.299. The average Bonchev–Trinajstić information content (AvgIpc) is 3.54. The van der Waals surface area contributed by atoms with Crippen LogP contribution in [0.3, 0.4) is 0 Å². The normalized spacial score (nSPS) is 15.0. The van der Waals surface area contributed by atoms with Gasteiger partial charge in [-0.2, -0.15) is 0 Å². The number of ether oxygens (including phenoxy) is 3. The first kappa shape index (κ1) is 23.3. The third-order valence-electron chi connectivity index (χ3n) is 5.46. The Labute approximate surface area is 200 Å². The van der Waals surface area contributed by atoms with E-state index < -0.39 is 6.04 Å². The monoisotopic (exact) mass is 483 g/mol. The van der Waals surface area contributed by atoms with Crippen LogP contribution in [0, 0.1) is 0 Å². The van der Waals surface area contributed by atoms with E-state index in [4.69, 9.17) is 14.2 Å². The molecule has 2 aromatic carbocycles.